The topological polar surface area (TPSA) is 12.0 Å². The first-order valence-corrected chi connectivity index (χ1v) is 7.69. The van der Waals surface area contributed by atoms with E-state index in [1.54, 1.807) is 12.1 Å². The number of rotatable bonds is 6. The van der Waals surface area contributed by atoms with E-state index in [-0.39, 0.29) is 11.9 Å². The van der Waals surface area contributed by atoms with E-state index in [9.17, 15) is 4.39 Å². The van der Waals surface area contributed by atoms with E-state index < -0.39 is 0 Å². The zero-order chi connectivity index (χ0) is 15.2. The van der Waals surface area contributed by atoms with Crippen LogP contribution in [0.25, 0.3) is 0 Å². The van der Waals surface area contributed by atoms with Crippen LogP contribution >= 0.6 is 11.6 Å². The Morgan fingerprint density at radius 2 is 1.95 bits per heavy atom. The third-order valence-corrected chi connectivity index (χ3v) is 3.77. The van der Waals surface area contributed by atoms with Crippen molar-refractivity contribution in [2.75, 3.05) is 6.54 Å². The summed E-state index contributed by atoms with van der Waals surface area (Å²) in [6.45, 7) is 5.03. The highest BCUT2D eigenvalue weighted by Crippen LogP contribution is 2.17. The predicted molar refractivity (Wildman–Crippen MR) is 87.5 cm³/mol. The maximum Gasteiger partial charge on any atom is 0.127 e. The lowest BCUT2D eigenvalue weighted by Crippen LogP contribution is -2.33. The van der Waals surface area contributed by atoms with Gasteiger partial charge in [0.1, 0.15) is 5.82 Å². The third kappa shape index (κ3) is 4.83. The summed E-state index contributed by atoms with van der Waals surface area (Å²) in [7, 11) is 0. The molecule has 1 N–H and O–H groups in total. The number of halogens is 2. The first-order chi connectivity index (χ1) is 10.1. The molecule has 2 rings (SSSR count). The Hall–Kier alpha value is -1.38. The SMILES string of the molecule is CCNC(Cc1cccc(C)c1)Cc1ccc(Cl)cc1F. The van der Waals surface area contributed by atoms with Crippen LogP contribution in [0.1, 0.15) is 23.6 Å². The molecular weight excluding hydrogens is 285 g/mol. The molecule has 2 aromatic rings. The fourth-order valence-electron chi connectivity index (χ4n) is 2.58. The minimum absolute atomic E-state index is 0.215. The molecule has 3 heteroatoms. The summed E-state index contributed by atoms with van der Waals surface area (Å²) in [4.78, 5) is 0. The second kappa shape index (κ2) is 7.58. The Kier molecular flexibility index (Phi) is 5.77. The Morgan fingerprint density at radius 1 is 1.14 bits per heavy atom. The highest BCUT2D eigenvalue weighted by atomic mass is 35.5. The van der Waals surface area contributed by atoms with Crippen molar-refractivity contribution < 1.29 is 4.39 Å². The van der Waals surface area contributed by atoms with Crippen molar-refractivity contribution >= 4 is 11.6 Å². The Bertz CT molecular complexity index is 598. The number of hydrogen-bond donors (Lipinski definition) is 1. The van der Waals surface area contributed by atoms with Crippen LogP contribution in [-0.4, -0.2) is 12.6 Å². The van der Waals surface area contributed by atoms with Crippen molar-refractivity contribution in [1.82, 2.24) is 5.32 Å². The first kappa shape index (κ1) is 16.0. The molecule has 0 saturated heterocycles. The van der Waals surface area contributed by atoms with Gasteiger partial charge < -0.3 is 5.32 Å². The highest BCUT2D eigenvalue weighted by Gasteiger charge is 2.12. The van der Waals surface area contributed by atoms with Crippen LogP contribution in [0.15, 0.2) is 42.5 Å². The highest BCUT2D eigenvalue weighted by molar-refractivity contribution is 6.30. The van der Waals surface area contributed by atoms with Crippen LogP contribution in [0.2, 0.25) is 5.02 Å². The van der Waals surface area contributed by atoms with Gasteiger partial charge in [-0.3, -0.25) is 0 Å². The van der Waals surface area contributed by atoms with Crippen molar-refractivity contribution in [3.8, 4) is 0 Å². The molecule has 1 unspecified atom stereocenters. The summed E-state index contributed by atoms with van der Waals surface area (Å²) in [5, 5.41) is 3.88. The summed E-state index contributed by atoms with van der Waals surface area (Å²) >= 11 is 5.81. The van der Waals surface area contributed by atoms with Gasteiger partial charge in [-0.05, 0) is 49.6 Å². The molecular formula is C18H21ClFN. The number of benzene rings is 2. The van der Waals surface area contributed by atoms with E-state index in [0.29, 0.717) is 17.0 Å². The molecule has 1 atom stereocenters. The molecule has 0 amide bonds. The summed E-state index contributed by atoms with van der Waals surface area (Å²) < 4.78 is 13.9. The fourth-order valence-corrected chi connectivity index (χ4v) is 2.74. The van der Waals surface area contributed by atoms with E-state index in [2.05, 4.69) is 43.4 Å². The summed E-state index contributed by atoms with van der Waals surface area (Å²) in [6.07, 6.45) is 1.54. The van der Waals surface area contributed by atoms with Gasteiger partial charge in [0.05, 0.1) is 0 Å². The van der Waals surface area contributed by atoms with Crippen LogP contribution in [-0.2, 0) is 12.8 Å². The van der Waals surface area contributed by atoms with Gasteiger partial charge >= 0.3 is 0 Å². The molecule has 0 aliphatic rings. The molecule has 0 fully saturated rings. The van der Waals surface area contributed by atoms with Crippen molar-refractivity contribution in [3.63, 3.8) is 0 Å². The van der Waals surface area contributed by atoms with Crippen LogP contribution in [0.4, 0.5) is 4.39 Å². The van der Waals surface area contributed by atoms with Crippen molar-refractivity contribution in [1.29, 1.82) is 0 Å². The van der Waals surface area contributed by atoms with E-state index in [4.69, 9.17) is 11.6 Å². The molecule has 0 radical (unpaired) electrons. The third-order valence-electron chi connectivity index (χ3n) is 3.54. The summed E-state index contributed by atoms with van der Waals surface area (Å²) in [5.41, 5.74) is 3.23. The second-order valence-corrected chi connectivity index (χ2v) is 5.82. The predicted octanol–water partition coefficient (Wildman–Crippen LogP) is 4.55. The van der Waals surface area contributed by atoms with Crippen molar-refractivity contribution in [2.24, 2.45) is 0 Å². The lowest BCUT2D eigenvalue weighted by molar-refractivity contribution is 0.506. The van der Waals surface area contributed by atoms with Gasteiger partial charge in [-0.1, -0.05) is 54.4 Å². The van der Waals surface area contributed by atoms with E-state index >= 15 is 0 Å². The number of hydrogen-bond acceptors (Lipinski definition) is 1. The average molecular weight is 306 g/mol. The van der Waals surface area contributed by atoms with Crippen LogP contribution in [0.3, 0.4) is 0 Å². The average Bonchev–Trinajstić information content (AvgIpc) is 2.42. The molecule has 0 saturated carbocycles. The zero-order valence-electron chi connectivity index (χ0n) is 12.5. The van der Waals surface area contributed by atoms with Crippen molar-refractivity contribution in [2.45, 2.75) is 32.7 Å². The molecule has 0 aliphatic heterocycles. The summed E-state index contributed by atoms with van der Waals surface area (Å²) in [6, 6.07) is 13.6. The minimum atomic E-state index is -0.227. The van der Waals surface area contributed by atoms with Crippen LogP contribution < -0.4 is 5.32 Å². The largest absolute Gasteiger partial charge is 0.314 e. The molecule has 0 heterocycles. The monoisotopic (exact) mass is 305 g/mol. The standard InChI is InChI=1S/C18H21ClFN/c1-3-21-17(10-14-6-4-5-13(2)9-14)11-15-7-8-16(19)12-18(15)20/h4-9,12,17,21H,3,10-11H2,1-2H3. The molecule has 1 nitrogen and oxygen atoms in total. The molecule has 21 heavy (non-hydrogen) atoms. The lowest BCUT2D eigenvalue weighted by atomic mass is 9.97. The molecule has 0 aromatic heterocycles. The van der Waals surface area contributed by atoms with Gasteiger partial charge in [-0.2, -0.15) is 0 Å². The minimum Gasteiger partial charge on any atom is -0.314 e. The molecule has 0 bridgehead atoms. The van der Waals surface area contributed by atoms with Crippen molar-refractivity contribution in [3.05, 3.63) is 70.0 Å². The maximum atomic E-state index is 13.9. The first-order valence-electron chi connectivity index (χ1n) is 7.31. The van der Waals surface area contributed by atoms with Crippen LogP contribution in [0, 0.1) is 12.7 Å². The van der Waals surface area contributed by atoms with E-state index in [1.807, 2.05) is 0 Å². The van der Waals surface area contributed by atoms with Crippen LogP contribution in [0.5, 0.6) is 0 Å². The molecule has 0 spiro atoms. The van der Waals surface area contributed by atoms with Gasteiger partial charge in [-0.25, -0.2) is 4.39 Å². The summed E-state index contributed by atoms with van der Waals surface area (Å²) in [5.74, 6) is -0.227. The molecule has 112 valence electrons. The number of aryl methyl sites for hydroxylation is 1. The zero-order valence-corrected chi connectivity index (χ0v) is 13.3. The quantitative estimate of drug-likeness (QED) is 0.825. The number of likely N-dealkylation sites (N-methyl/N-ethyl adjacent to an activating group) is 1. The van der Waals surface area contributed by atoms with Gasteiger partial charge in [0, 0.05) is 11.1 Å². The Balaban J connectivity index is 2.11. The molecule has 0 aliphatic carbocycles. The lowest BCUT2D eigenvalue weighted by Gasteiger charge is -2.19. The smallest absolute Gasteiger partial charge is 0.127 e. The molecule has 2 aromatic carbocycles. The maximum absolute atomic E-state index is 13.9. The fraction of sp³-hybridized carbons (Fsp3) is 0.333. The van der Waals surface area contributed by atoms with Gasteiger partial charge in [-0.15, -0.1) is 0 Å². The van der Waals surface area contributed by atoms with E-state index in [1.165, 1.54) is 17.2 Å². The Morgan fingerprint density at radius 3 is 2.62 bits per heavy atom. The second-order valence-electron chi connectivity index (χ2n) is 5.39. The Labute approximate surface area is 131 Å². The van der Waals surface area contributed by atoms with E-state index in [0.717, 1.165) is 13.0 Å². The van der Waals surface area contributed by atoms with Gasteiger partial charge in [0.2, 0.25) is 0 Å². The van der Waals surface area contributed by atoms with Gasteiger partial charge in [0.25, 0.3) is 0 Å². The normalized spacial score (nSPS) is 12.4. The number of nitrogens with one attached hydrogen (secondary N) is 1. The van der Waals surface area contributed by atoms with Gasteiger partial charge in [0.15, 0.2) is 0 Å².